The van der Waals surface area contributed by atoms with Crippen LogP contribution < -0.4 is 5.32 Å². The van der Waals surface area contributed by atoms with Gasteiger partial charge in [0.1, 0.15) is 12.2 Å². The molecule has 4 aromatic heterocycles. The zero-order chi connectivity index (χ0) is 19.7. The number of furan rings is 1. The molecule has 142 valence electrons. The Morgan fingerprint density at radius 1 is 1.29 bits per heavy atom. The highest BCUT2D eigenvalue weighted by Gasteiger charge is 2.22. The summed E-state index contributed by atoms with van der Waals surface area (Å²) in [6.45, 7) is 1.43. The zero-order valence-corrected chi connectivity index (χ0v) is 14.8. The molecule has 7 nitrogen and oxygen atoms in total. The van der Waals surface area contributed by atoms with Crippen LogP contribution in [0, 0.1) is 6.92 Å². The number of carbonyl (C=O) groups is 1. The summed E-state index contributed by atoms with van der Waals surface area (Å²) in [5, 5.41) is 7.20. The second kappa shape index (κ2) is 7.18. The second-order valence-corrected chi connectivity index (χ2v) is 6.10. The lowest BCUT2D eigenvalue weighted by molar-refractivity contribution is -0.116. The van der Waals surface area contributed by atoms with Crippen LogP contribution in [-0.4, -0.2) is 25.7 Å². The standard InChI is InChI=1S/C19H15F2N5O2/c1-11-17-13(18(20)21)9-14(15-3-2-8-28-15)24-19(17)26(25-11)10-16(27)23-12-4-6-22-7-5-12/h2-9,18H,10H2,1H3,(H,22,23,27). The third-order valence-electron chi connectivity index (χ3n) is 4.17. The van der Waals surface area contributed by atoms with Gasteiger partial charge in [0.05, 0.1) is 17.3 Å². The predicted molar refractivity (Wildman–Crippen MR) is 97.8 cm³/mol. The molecule has 28 heavy (non-hydrogen) atoms. The van der Waals surface area contributed by atoms with E-state index in [1.54, 1.807) is 43.6 Å². The number of nitrogens with one attached hydrogen (secondary N) is 1. The number of rotatable bonds is 5. The molecular formula is C19H15F2N5O2. The van der Waals surface area contributed by atoms with Crippen LogP contribution in [0.3, 0.4) is 0 Å². The first-order valence-electron chi connectivity index (χ1n) is 8.43. The lowest BCUT2D eigenvalue weighted by Crippen LogP contribution is -2.19. The first kappa shape index (κ1) is 17.8. The van der Waals surface area contributed by atoms with Crippen molar-refractivity contribution in [2.24, 2.45) is 0 Å². The van der Waals surface area contributed by atoms with E-state index in [9.17, 15) is 13.6 Å². The third-order valence-corrected chi connectivity index (χ3v) is 4.17. The molecule has 0 aliphatic rings. The van der Waals surface area contributed by atoms with Crippen LogP contribution in [0.5, 0.6) is 0 Å². The molecule has 0 radical (unpaired) electrons. The number of fused-ring (bicyclic) bond motifs is 1. The predicted octanol–water partition coefficient (Wildman–Crippen LogP) is 3.97. The van der Waals surface area contributed by atoms with Crippen LogP contribution in [0.2, 0.25) is 0 Å². The number of amides is 1. The molecule has 0 aromatic carbocycles. The van der Waals surface area contributed by atoms with Crippen molar-refractivity contribution in [3.05, 3.63) is 60.2 Å². The average molecular weight is 383 g/mol. The average Bonchev–Trinajstić information content (AvgIpc) is 3.31. The fourth-order valence-electron chi connectivity index (χ4n) is 2.99. The molecule has 0 aliphatic heterocycles. The molecule has 4 heterocycles. The minimum absolute atomic E-state index is 0.177. The third kappa shape index (κ3) is 3.34. The number of pyridine rings is 2. The molecule has 0 unspecified atom stereocenters. The van der Waals surface area contributed by atoms with E-state index in [0.29, 0.717) is 17.1 Å². The van der Waals surface area contributed by atoms with E-state index in [2.05, 4.69) is 20.4 Å². The van der Waals surface area contributed by atoms with Gasteiger partial charge < -0.3 is 9.73 Å². The Balaban J connectivity index is 1.75. The summed E-state index contributed by atoms with van der Waals surface area (Å²) in [6, 6.07) is 7.86. The van der Waals surface area contributed by atoms with Crippen LogP contribution in [0.1, 0.15) is 17.7 Å². The van der Waals surface area contributed by atoms with Gasteiger partial charge in [0.2, 0.25) is 5.91 Å². The van der Waals surface area contributed by atoms with Crippen molar-refractivity contribution in [3.8, 4) is 11.5 Å². The number of hydrogen-bond donors (Lipinski definition) is 1. The summed E-state index contributed by atoms with van der Waals surface area (Å²) < 4.78 is 34.0. The Labute approximate surface area is 158 Å². The molecule has 1 amide bonds. The Bertz CT molecular complexity index is 1120. The quantitative estimate of drug-likeness (QED) is 0.564. The molecule has 4 rings (SSSR count). The van der Waals surface area contributed by atoms with Crippen LogP contribution >= 0.6 is 0 Å². The lowest BCUT2D eigenvalue weighted by Gasteiger charge is -2.08. The van der Waals surface area contributed by atoms with E-state index < -0.39 is 6.43 Å². The van der Waals surface area contributed by atoms with Gasteiger partial charge >= 0.3 is 0 Å². The van der Waals surface area contributed by atoms with Crippen molar-refractivity contribution < 1.29 is 18.0 Å². The van der Waals surface area contributed by atoms with Crippen LogP contribution in [-0.2, 0) is 11.3 Å². The highest BCUT2D eigenvalue weighted by atomic mass is 19.3. The minimum atomic E-state index is -2.72. The monoisotopic (exact) mass is 383 g/mol. The lowest BCUT2D eigenvalue weighted by atomic mass is 10.1. The summed E-state index contributed by atoms with van der Waals surface area (Å²) in [4.78, 5) is 20.7. The highest BCUT2D eigenvalue weighted by Crippen LogP contribution is 2.33. The van der Waals surface area contributed by atoms with Crippen molar-refractivity contribution in [2.45, 2.75) is 19.9 Å². The molecular weight excluding hydrogens is 368 g/mol. The fraction of sp³-hybridized carbons (Fsp3) is 0.158. The van der Waals surface area contributed by atoms with Gasteiger partial charge in [-0.15, -0.1) is 0 Å². The zero-order valence-electron chi connectivity index (χ0n) is 14.8. The number of anilines is 1. The second-order valence-electron chi connectivity index (χ2n) is 6.10. The highest BCUT2D eigenvalue weighted by molar-refractivity contribution is 5.92. The molecule has 0 bridgehead atoms. The van der Waals surface area contributed by atoms with E-state index in [-0.39, 0.29) is 34.7 Å². The normalized spacial score (nSPS) is 11.3. The number of hydrogen-bond acceptors (Lipinski definition) is 5. The summed E-state index contributed by atoms with van der Waals surface area (Å²) in [6.07, 6.45) is 1.82. The molecule has 0 saturated carbocycles. The topological polar surface area (TPSA) is 85.8 Å². The van der Waals surface area contributed by atoms with E-state index in [0.717, 1.165) is 0 Å². The molecule has 0 saturated heterocycles. The smallest absolute Gasteiger partial charge is 0.264 e. The summed E-state index contributed by atoms with van der Waals surface area (Å²) in [7, 11) is 0. The molecule has 4 aromatic rings. The number of nitrogens with zero attached hydrogens (tertiary/aromatic N) is 4. The van der Waals surface area contributed by atoms with Gasteiger partial charge in [-0.05, 0) is 37.3 Å². The fourth-order valence-corrected chi connectivity index (χ4v) is 2.99. The summed E-state index contributed by atoms with van der Waals surface area (Å²) in [5.41, 5.74) is 1.20. The Hall–Kier alpha value is -3.62. The minimum Gasteiger partial charge on any atom is -0.463 e. The van der Waals surface area contributed by atoms with Gasteiger partial charge in [-0.2, -0.15) is 5.10 Å². The summed E-state index contributed by atoms with van der Waals surface area (Å²) in [5.74, 6) is -0.00478. The van der Waals surface area contributed by atoms with Crippen LogP contribution in [0.15, 0.2) is 53.4 Å². The number of halogens is 2. The Kier molecular flexibility index (Phi) is 4.56. The van der Waals surface area contributed by atoms with Gasteiger partial charge in [0, 0.05) is 23.6 Å². The van der Waals surface area contributed by atoms with Gasteiger partial charge in [0.25, 0.3) is 6.43 Å². The molecule has 0 fully saturated rings. The van der Waals surface area contributed by atoms with Crippen molar-refractivity contribution in [1.82, 2.24) is 19.7 Å². The summed E-state index contributed by atoms with van der Waals surface area (Å²) >= 11 is 0. The number of alkyl halides is 2. The molecule has 0 spiro atoms. The number of carbonyl (C=O) groups excluding carboxylic acids is 1. The van der Waals surface area contributed by atoms with E-state index in [4.69, 9.17) is 4.42 Å². The van der Waals surface area contributed by atoms with Crippen LogP contribution in [0.4, 0.5) is 14.5 Å². The van der Waals surface area contributed by atoms with Crippen molar-refractivity contribution in [2.75, 3.05) is 5.32 Å². The molecule has 1 N–H and O–H groups in total. The van der Waals surface area contributed by atoms with Crippen molar-refractivity contribution >= 4 is 22.6 Å². The molecule has 9 heteroatoms. The van der Waals surface area contributed by atoms with E-state index >= 15 is 0 Å². The largest absolute Gasteiger partial charge is 0.463 e. The Morgan fingerprint density at radius 2 is 2.07 bits per heavy atom. The number of aryl methyl sites for hydroxylation is 1. The first-order valence-corrected chi connectivity index (χ1v) is 8.43. The Morgan fingerprint density at radius 3 is 2.75 bits per heavy atom. The number of aromatic nitrogens is 4. The van der Waals surface area contributed by atoms with Gasteiger partial charge in [-0.25, -0.2) is 18.4 Å². The first-order chi connectivity index (χ1) is 13.5. The maximum atomic E-state index is 13.7. The van der Waals surface area contributed by atoms with E-state index in [1.165, 1.54) is 17.0 Å². The van der Waals surface area contributed by atoms with Crippen LogP contribution in [0.25, 0.3) is 22.5 Å². The van der Waals surface area contributed by atoms with E-state index in [1.807, 2.05) is 0 Å². The molecule has 0 aliphatic carbocycles. The maximum Gasteiger partial charge on any atom is 0.264 e. The van der Waals surface area contributed by atoms with Gasteiger partial charge in [-0.3, -0.25) is 9.78 Å². The van der Waals surface area contributed by atoms with Gasteiger partial charge in [-0.1, -0.05) is 0 Å². The maximum absolute atomic E-state index is 13.7. The SMILES string of the molecule is Cc1nn(CC(=O)Nc2ccncc2)c2nc(-c3ccco3)cc(C(F)F)c12. The van der Waals surface area contributed by atoms with Gasteiger partial charge in [0.15, 0.2) is 11.4 Å². The molecule has 0 atom stereocenters. The van der Waals surface area contributed by atoms with Crippen molar-refractivity contribution in [1.29, 1.82) is 0 Å². The van der Waals surface area contributed by atoms with Crippen molar-refractivity contribution in [3.63, 3.8) is 0 Å².